The van der Waals surface area contributed by atoms with Crippen LogP contribution >= 0.6 is 15.9 Å². The summed E-state index contributed by atoms with van der Waals surface area (Å²) in [7, 11) is 0. The van der Waals surface area contributed by atoms with E-state index in [9.17, 15) is 14.3 Å². The lowest BCUT2D eigenvalue weighted by Crippen LogP contribution is -2.32. The van der Waals surface area contributed by atoms with Gasteiger partial charge in [0.25, 0.3) is 5.91 Å². The van der Waals surface area contributed by atoms with Gasteiger partial charge in [-0.05, 0) is 46.5 Å². The number of nitrogens with one attached hydrogen (secondary N) is 1. The quantitative estimate of drug-likeness (QED) is 0.877. The standard InChI is InChI=1S/C13H17BrFNO2/c1-8(2)5-10(17)7-16-13(18)9-3-4-11(14)12(15)6-9/h3-4,6,8,10,17H,5,7H2,1-2H3,(H,16,18). The zero-order valence-corrected chi connectivity index (χ0v) is 12.0. The zero-order chi connectivity index (χ0) is 13.7. The summed E-state index contributed by atoms with van der Waals surface area (Å²) in [6, 6.07) is 4.17. The number of hydrogen-bond acceptors (Lipinski definition) is 2. The number of rotatable bonds is 5. The van der Waals surface area contributed by atoms with Crippen molar-refractivity contribution in [2.75, 3.05) is 6.54 Å². The molecule has 0 heterocycles. The molecule has 1 amide bonds. The molecule has 1 atom stereocenters. The number of halogens is 2. The second-order valence-electron chi connectivity index (χ2n) is 4.62. The van der Waals surface area contributed by atoms with Gasteiger partial charge in [-0.2, -0.15) is 0 Å². The average Bonchev–Trinajstić information content (AvgIpc) is 2.28. The smallest absolute Gasteiger partial charge is 0.251 e. The van der Waals surface area contributed by atoms with Crippen LogP contribution in [0.1, 0.15) is 30.6 Å². The molecule has 1 aromatic rings. The third-order valence-corrected chi connectivity index (χ3v) is 3.07. The van der Waals surface area contributed by atoms with E-state index in [-0.39, 0.29) is 18.0 Å². The molecule has 3 nitrogen and oxygen atoms in total. The fraction of sp³-hybridized carbons (Fsp3) is 0.462. The van der Waals surface area contributed by atoms with E-state index in [0.29, 0.717) is 16.8 Å². The molecule has 1 aromatic carbocycles. The molecule has 0 saturated carbocycles. The molecule has 0 aliphatic carbocycles. The van der Waals surface area contributed by atoms with E-state index in [4.69, 9.17) is 0 Å². The Morgan fingerprint density at radius 2 is 2.17 bits per heavy atom. The number of carbonyl (C=O) groups excluding carboxylic acids is 1. The molecule has 0 aromatic heterocycles. The second kappa shape index (κ2) is 6.85. The summed E-state index contributed by atoms with van der Waals surface area (Å²) in [4.78, 5) is 11.7. The van der Waals surface area contributed by atoms with Gasteiger partial charge in [0.2, 0.25) is 0 Å². The Morgan fingerprint density at radius 1 is 1.50 bits per heavy atom. The van der Waals surface area contributed by atoms with Crippen molar-refractivity contribution < 1.29 is 14.3 Å². The van der Waals surface area contributed by atoms with Gasteiger partial charge in [0, 0.05) is 12.1 Å². The summed E-state index contributed by atoms with van der Waals surface area (Å²) in [5.74, 6) is -0.503. The highest BCUT2D eigenvalue weighted by Gasteiger charge is 2.11. The Labute approximate surface area is 115 Å². The number of benzene rings is 1. The molecule has 0 aliphatic heterocycles. The Hall–Kier alpha value is -0.940. The molecule has 5 heteroatoms. The Morgan fingerprint density at radius 3 is 2.72 bits per heavy atom. The van der Waals surface area contributed by atoms with E-state index in [0.717, 1.165) is 6.07 Å². The zero-order valence-electron chi connectivity index (χ0n) is 10.4. The van der Waals surface area contributed by atoms with Crippen molar-refractivity contribution in [3.05, 3.63) is 34.1 Å². The van der Waals surface area contributed by atoms with Crippen LogP contribution in [0.2, 0.25) is 0 Å². The third-order valence-electron chi connectivity index (χ3n) is 2.42. The van der Waals surface area contributed by atoms with E-state index in [1.807, 2.05) is 13.8 Å². The third kappa shape index (κ3) is 4.74. The average molecular weight is 318 g/mol. The first-order valence-corrected chi connectivity index (χ1v) is 6.60. The highest BCUT2D eigenvalue weighted by molar-refractivity contribution is 9.10. The summed E-state index contributed by atoms with van der Waals surface area (Å²) in [6.07, 6.45) is 0.0452. The highest BCUT2D eigenvalue weighted by atomic mass is 79.9. The van der Waals surface area contributed by atoms with Gasteiger partial charge in [-0.1, -0.05) is 13.8 Å². The van der Waals surface area contributed by atoms with Crippen molar-refractivity contribution in [2.45, 2.75) is 26.4 Å². The van der Waals surface area contributed by atoms with E-state index in [2.05, 4.69) is 21.2 Å². The predicted octanol–water partition coefficient (Wildman–Crippen LogP) is 2.73. The molecule has 0 fully saturated rings. The van der Waals surface area contributed by atoms with Gasteiger partial charge in [-0.15, -0.1) is 0 Å². The lowest BCUT2D eigenvalue weighted by Gasteiger charge is -2.13. The predicted molar refractivity (Wildman–Crippen MR) is 71.9 cm³/mol. The first-order chi connectivity index (χ1) is 8.40. The fourth-order valence-electron chi connectivity index (χ4n) is 1.58. The molecular weight excluding hydrogens is 301 g/mol. The molecule has 0 bridgehead atoms. The van der Waals surface area contributed by atoms with Crippen LogP contribution in [0, 0.1) is 11.7 Å². The molecule has 0 radical (unpaired) electrons. The van der Waals surface area contributed by atoms with Crippen molar-refractivity contribution >= 4 is 21.8 Å². The topological polar surface area (TPSA) is 49.3 Å². The van der Waals surface area contributed by atoms with Crippen LogP contribution in [0.4, 0.5) is 4.39 Å². The van der Waals surface area contributed by atoms with Gasteiger partial charge in [-0.25, -0.2) is 4.39 Å². The number of carbonyl (C=O) groups is 1. The lowest BCUT2D eigenvalue weighted by atomic mass is 10.1. The minimum atomic E-state index is -0.575. The molecule has 100 valence electrons. The van der Waals surface area contributed by atoms with Crippen molar-refractivity contribution in [2.24, 2.45) is 5.92 Å². The monoisotopic (exact) mass is 317 g/mol. The van der Waals surface area contributed by atoms with E-state index in [1.54, 1.807) is 0 Å². The lowest BCUT2D eigenvalue weighted by molar-refractivity contribution is 0.0900. The normalized spacial score (nSPS) is 12.6. The van der Waals surface area contributed by atoms with Crippen LogP contribution in [0.15, 0.2) is 22.7 Å². The number of aliphatic hydroxyl groups excluding tert-OH is 1. The largest absolute Gasteiger partial charge is 0.391 e. The molecule has 0 aliphatic rings. The van der Waals surface area contributed by atoms with Crippen LogP contribution in [0.5, 0.6) is 0 Å². The molecule has 0 spiro atoms. The Bertz CT molecular complexity index is 423. The summed E-state index contributed by atoms with van der Waals surface area (Å²) in [5.41, 5.74) is 0.243. The van der Waals surface area contributed by atoms with Gasteiger partial charge in [0.1, 0.15) is 5.82 Å². The minimum Gasteiger partial charge on any atom is -0.391 e. The Kier molecular flexibility index (Phi) is 5.75. The second-order valence-corrected chi connectivity index (χ2v) is 5.48. The number of amides is 1. The van der Waals surface area contributed by atoms with Crippen molar-refractivity contribution in [1.29, 1.82) is 0 Å². The van der Waals surface area contributed by atoms with E-state index < -0.39 is 11.9 Å². The van der Waals surface area contributed by atoms with Gasteiger partial charge in [-0.3, -0.25) is 4.79 Å². The first kappa shape index (κ1) is 15.1. The van der Waals surface area contributed by atoms with Crippen LogP contribution in [0.25, 0.3) is 0 Å². The summed E-state index contributed by atoms with van der Waals surface area (Å²) in [6.45, 7) is 4.17. The van der Waals surface area contributed by atoms with E-state index in [1.165, 1.54) is 12.1 Å². The SMILES string of the molecule is CC(C)CC(O)CNC(=O)c1ccc(Br)c(F)c1. The van der Waals surface area contributed by atoms with Crippen molar-refractivity contribution in [3.63, 3.8) is 0 Å². The maximum Gasteiger partial charge on any atom is 0.251 e. The Balaban J connectivity index is 2.52. The molecular formula is C13H17BrFNO2. The molecule has 1 rings (SSSR count). The molecule has 1 unspecified atom stereocenters. The highest BCUT2D eigenvalue weighted by Crippen LogP contribution is 2.16. The summed E-state index contributed by atoms with van der Waals surface area (Å²) >= 11 is 3.02. The van der Waals surface area contributed by atoms with Crippen molar-refractivity contribution in [1.82, 2.24) is 5.32 Å². The number of hydrogen-bond donors (Lipinski definition) is 2. The van der Waals surface area contributed by atoms with Crippen LogP contribution in [-0.2, 0) is 0 Å². The van der Waals surface area contributed by atoms with Gasteiger partial charge in [0.15, 0.2) is 0 Å². The van der Waals surface area contributed by atoms with Gasteiger partial charge >= 0.3 is 0 Å². The fourth-order valence-corrected chi connectivity index (χ4v) is 1.82. The maximum absolute atomic E-state index is 13.2. The summed E-state index contributed by atoms with van der Waals surface area (Å²) < 4.78 is 13.6. The van der Waals surface area contributed by atoms with Crippen LogP contribution in [0.3, 0.4) is 0 Å². The van der Waals surface area contributed by atoms with Gasteiger partial charge in [0.05, 0.1) is 10.6 Å². The van der Waals surface area contributed by atoms with Crippen LogP contribution in [-0.4, -0.2) is 23.7 Å². The minimum absolute atomic E-state index is 0.175. The summed E-state index contributed by atoms with van der Waals surface area (Å²) in [5, 5.41) is 12.2. The first-order valence-electron chi connectivity index (χ1n) is 5.81. The molecule has 0 saturated heterocycles. The van der Waals surface area contributed by atoms with E-state index >= 15 is 0 Å². The van der Waals surface area contributed by atoms with Gasteiger partial charge < -0.3 is 10.4 Å². The molecule has 18 heavy (non-hydrogen) atoms. The van der Waals surface area contributed by atoms with Crippen LogP contribution < -0.4 is 5.32 Å². The number of aliphatic hydroxyl groups is 1. The van der Waals surface area contributed by atoms with Crippen molar-refractivity contribution in [3.8, 4) is 0 Å². The maximum atomic E-state index is 13.2. The molecule has 2 N–H and O–H groups in total.